The fourth-order valence-corrected chi connectivity index (χ4v) is 12.8. The number of carbonyl (C=O) groups excluding carboxylic acids is 1. The van der Waals surface area contributed by atoms with Crippen LogP contribution in [-0.4, -0.2) is 111 Å². The monoisotopic (exact) mass is 1030 g/mol. The summed E-state index contributed by atoms with van der Waals surface area (Å²) in [6.07, 6.45) is 10.7. The highest BCUT2D eigenvalue weighted by Crippen LogP contribution is 2.54. The second-order valence-corrected chi connectivity index (χ2v) is 23.8. The molecule has 1 amide bonds. The first-order chi connectivity index (χ1) is 35.4. The minimum atomic E-state index is -4.59. The summed E-state index contributed by atoms with van der Waals surface area (Å²) in [5.74, 6) is -0.576. The number of nitrogens with one attached hydrogen (secondary N) is 4. The number of ether oxygens (including phenoxy) is 3. The average Bonchev–Trinajstić information content (AvgIpc) is 4.14. The predicted molar refractivity (Wildman–Crippen MR) is 283 cm³/mol. The lowest BCUT2D eigenvalue weighted by molar-refractivity contribution is -0.751. The molecule has 16 nitrogen and oxygen atoms in total. The van der Waals surface area contributed by atoms with E-state index in [0.29, 0.717) is 55.3 Å². The van der Waals surface area contributed by atoms with E-state index in [2.05, 4.69) is 79.8 Å². The van der Waals surface area contributed by atoms with Crippen molar-refractivity contribution in [3.05, 3.63) is 107 Å². The van der Waals surface area contributed by atoms with E-state index in [-0.39, 0.29) is 75.0 Å². The third-order valence-corrected chi connectivity index (χ3v) is 17.7. The van der Waals surface area contributed by atoms with Crippen molar-refractivity contribution in [2.24, 2.45) is 11.3 Å². The van der Waals surface area contributed by atoms with E-state index in [9.17, 15) is 23.5 Å². The summed E-state index contributed by atoms with van der Waals surface area (Å²) in [5.41, 5.74) is 3.78. The lowest BCUT2D eigenvalue weighted by atomic mass is 9.59. The Hall–Kier alpha value is -5.47. The zero-order valence-electron chi connectivity index (χ0n) is 43.2. The Labute approximate surface area is 434 Å². The first-order valence-electron chi connectivity index (χ1n) is 26.4. The highest BCUT2D eigenvalue weighted by molar-refractivity contribution is 7.90. The number of sulfonamides is 1. The molecule has 5 fully saturated rings. The number of fused-ring (bicyclic) bond motifs is 1. The molecule has 3 aliphatic carbocycles. The Balaban J connectivity index is 0.878. The van der Waals surface area contributed by atoms with Gasteiger partial charge in [-0.15, -0.1) is 0 Å². The number of amides is 1. The fraction of sp³-hybridized carbons (Fsp3) is 0.518. The molecule has 2 aromatic carbocycles. The normalized spacial score (nSPS) is 25.3. The summed E-state index contributed by atoms with van der Waals surface area (Å²) in [4.78, 5) is 27.8. The molecule has 2 saturated carbocycles. The number of allylic oxidation sites excluding steroid dienone is 2. The number of carbonyl (C=O) groups is 1. The van der Waals surface area contributed by atoms with Crippen LogP contribution in [-0.2, 0) is 14.8 Å². The minimum Gasteiger partial charge on any atom is -0.629 e. The standard InChI is InChI=1S/C56H71FN8O8S/c1-7-71-54-50(26-45-46(57)22-35(4)51(45)61-54)73-49-24-38(12-13-44(49)53(66)62-74(69,70)41-25-47(63(6)68)52(60-31-41)59-29-36-14-16-55(5,67)17-15-36)64-20-18-56(19-21-64)27-39(28-56)65-32-40(23-37-30-58-37)72-33-48(65)43-11-9-8-10-42(43)34(2)3/h8-13,22,24-26,31,34,36-37,39-40,48,58,63,67H,4,7,14-21,23,27-30,32-33H2,1-3,5-6H3,(H,59,60)(H,62,66)/t36-,37?,40-,48+,55-/m1/s1. The van der Waals surface area contributed by atoms with Gasteiger partial charge in [0.25, 0.3) is 21.8 Å². The van der Waals surface area contributed by atoms with Crippen LogP contribution in [0.15, 0.2) is 78.3 Å². The summed E-state index contributed by atoms with van der Waals surface area (Å²) >= 11 is 0. The maximum Gasteiger partial charge on any atom is 0.268 e. The second kappa shape index (κ2) is 20.9. The number of halogens is 1. The molecule has 5 N–H and O–H groups in total. The highest BCUT2D eigenvalue weighted by Gasteiger charge is 2.51. The van der Waals surface area contributed by atoms with Crippen molar-refractivity contribution in [3.8, 4) is 17.4 Å². The first-order valence-corrected chi connectivity index (χ1v) is 27.9. The van der Waals surface area contributed by atoms with Crippen molar-refractivity contribution in [2.45, 2.75) is 126 Å². The van der Waals surface area contributed by atoms with Crippen molar-refractivity contribution in [2.75, 3.05) is 63.2 Å². The molecule has 0 radical (unpaired) electrons. The Morgan fingerprint density at radius 1 is 1.09 bits per heavy atom. The Bertz CT molecular complexity index is 2900. The summed E-state index contributed by atoms with van der Waals surface area (Å²) in [6, 6.07) is 17.7. The van der Waals surface area contributed by atoms with E-state index in [1.165, 1.54) is 42.4 Å². The fourth-order valence-electron chi connectivity index (χ4n) is 11.9. The van der Waals surface area contributed by atoms with Crippen molar-refractivity contribution in [1.29, 1.82) is 0 Å². The summed E-state index contributed by atoms with van der Waals surface area (Å²) in [6.45, 7) is 16.9. The van der Waals surface area contributed by atoms with Crippen LogP contribution in [0.2, 0.25) is 0 Å². The van der Waals surface area contributed by atoms with Gasteiger partial charge in [-0.05, 0) is 130 Å². The number of pyridine rings is 2. The van der Waals surface area contributed by atoms with E-state index >= 15 is 4.39 Å². The molecule has 5 heterocycles. The molecule has 10 rings (SSSR count). The van der Waals surface area contributed by atoms with E-state index in [1.807, 2.05) is 6.92 Å². The number of hydroxylamine groups is 1. The third-order valence-electron chi connectivity index (χ3n) is 16.4. The van der Waals surface area contributed by atoms with Gasteiger partial charge in [-0.25, -0.2) is 27.5 Å². The number of benzene rings is 2. The van der Waals surface area contributed by atoms with Crippen LogP contribution in [0.25, 0.3) is 11.4 Å². The molecular formula is C56H71FN8O8S. The van der Waals surface area contributed by atoms with Gasteiger partial charge >= 0.3 is 0 Å². The minimum absolute atomic E-state index is 0.00502. The quantitative estimate of drug-likeness (QED) is 0.0506. The molecule has 4 aromatic rings. The number of quaternary nitrogens is 1. The molecule has 0 bridgehead atoms. The van der Waals surface area contributed by atoms with Crippen LogP contribution in [0.3, 0.4) is 0 Å². The van der Waals surface area contributed by atoms with Gasteiger partial charge in [0.15, 0.2) is 17.3 Å². The van der Waals surface area contributed by atoms with Gasteiger partial charge < -0.3 is 45.1 Å². The van der Waals surface area contributed by atoms with Crippen molar-refractivity contribution < 1.29 is 42.0 Å². The Morgan fingerprint density at radius 3 is 2.54 bits per heavy atom. The van der Waals surface area contributed by atoms with E-state index in [1.54, 1.807) is 19.1 Å². The van der Waals surface area contributed by atoms with Gasteiger partial charge in [0.1, 0.15) is 16.5 Å². The summed E-state index contributed by atoms with van der Waals surface area (Å²) in [7, 11) is -3.27. The molecule has 1 spiro atoms. The highest BCUT2D eigenvalue weighted by atomic mass is 32.2. The molecule has 3 saturated heterocycles. The number of rotatable bonds is 17. The number of piperidine rings is 1. The molecular weight excluding hydrogens is 964 g/mol. The number of hydrogen-bond donors (Lipinski definition) is 5. The van der Waals surface area contributed by atoms with Crippen molar-refractivity contribution in [1.82, 2.24) is 24.9 Å². The smallest absolute Gasteiger partial charge is 0.268 e. The molecule has 396 valence electrons. The maximum atomic E-state index is 15.2. The number of aromatic nitrogens is 2. The van der Waals surface area contributed by atoms with Crippen LogP contribution in [0.4, 0.5) is 21.6 Å². The molecule has 2 unspecified atom stereocenters. The summed E-state index contributed by atoms with van der Waals surface area (Å²) < 4.78 is 64.4. The van der Waals surface area contributed by atoms with Gasteiger partial charge in [-0.1, -0.05) is 44.7 Å². The molecule has 2 aromatic heterocycles. The first kappa shape index (κ1) is 52.0. The molecule has 6 aliphatic rings. The van der Waals surface area contributed by atoms with E-state index in [0.717, 1.165) is 83.0 Å². The topological polar surface area (TPSA) is 205 Å². The SMILES string of the molecule is C=C1C=C(F)c2cc(Oc3cc(N4CCC5(CC4)CC(N4C[C@@H](CC6CN6)OC[C@H]4c4ccccc4C(C)C)C5)ccc3C(=O)NS(=O)(=O)c3cnc(NC[C@H]4CC[C@](C)(O)CC4)c([NH+](C)[O-])c3)c(OCC)nc21. The van der Waals surface area contributed by atoms with Gasteiger partial charge in [0, 0.05) is 68.2 Å². The van der Waals surface area contributed by atoms with Gasteiger partial charge in [0.2, 0.25) is 0 Å². The van der Waals surface area contributed by atoms with Crippen LogP contribution in [0, 0.1) is 16.5 Å². The van der Waals surface area contributed by atoms with E-state index < -0.39 is 32.4 Å². The van der Waals surface area contributed by atoms with Crippen LogP contribution in [0.5, 0.6) is 17.4 Å². The second-order valence-electron chi connectivity index (χ2n) is 22.1. The number of nitrogens with zero attached hydrogens (tertiary/aromatic N) is 4. The zero-order valence-corrected chi connectivity index (χ0v) is 44.0. The Morgan fingerprint density at radius 2 is 1.84 bits per heavy atom. The van der Waals surface area contributed by atoms with Crippen molar-refractivity contribution in [3.63, 3.8) is 0 Å². The average molecular weight is 1040 g/mol. The van der Waals surface area contributed by atoms with Gasteiger partial charge in [-0.2, -0.15) is 0 Å². The van der Waals surface area contributed by atoms with Gasteiger partial charge in [-0.3, -0.25) is 9.69 Å². The van der Waals surface area contributed by atoms with Crippen LogP contribution in [0.1, 0.15) is 130 Å². The summed E-state index contributed by atoms with van der Waals surface area (Å²) in [5, 5.41) is 29.5. The molecule has 4 atom stereocenters. The lowest BCUT2D eigenvalue weighted by Gasteiger charge is -2.58. The maximum absolute atomic E-state index is 15.2. The number of anilines is 2. The predicted octanol–water partition coefficient (Wildman–Crippen LogP) is 7.80. The van der Waals surface area contributed by atoms with Crippen LogP contribution < -0.4 is 34.8 Å². The Kier molecular flexibility index (Phi) is 14.7. The zero-order chi connectivity index (χ0) is 52.1. The number of aliphatic hydroxyl groups is 1. The van der Waals surface area contributed by atoms with Crippen molar-refractivity contribution >= 4 is 44.5 Å². The third kappa shape index (κ3) is 11.1. The number of hydrogen-bond acceptors (Lipinski definition) is 14. The largest absolute Gasteiger partial charge is 0.629 e. The van der Waals surface area contributed by atoms with Gasteiger partial charge in [0.05, 0.1) is 55.5 Å². The lowest BCUT2D eigenvalue weighted by Crippen LogP contribution is -2.98. The molecule has 74 heavy (non-hydrogen) atoms. The van der Waals surface area contributed by atoms with Crippen LogP contribution >= 0.6 is 0 Å². The van der Waals surface area contributed by atoms with E-state index in [4.69, 9.17) is 14.2 Å². The number of morpholine rings is 1. The molecule has 18 heteroatoms. The molecule has 3 aliphatic heterocycles.